The largest absolute Gasteiger partial charge is 0.493 e. The number of anilines is 1. The van der Waals surface area contributed by atoms with Gasteiger partial charge < -0.3 is 14.8 Å². The molecule has 0 bridgehead atoms. The van der Waals surface area contributed by atoms with E-state index in [1.807, 2.05) is 19.1 Å². The molecule has 1 atom stereocenters. The molecular weight excluding hydrogens is 421 g/mol. The van der Waals surface area contributed by atoms with Crippen molar-refractivity contribution in [2.45, 2.75) is 19.4 Å². The highest BCUT2D eigenvalue weighted by Crippen LogP contribution is 2.42. The Hall–Kier alpha value is -3.39. The smallest absolute Gasteiger partial charge is 0.170 e. The average Bonchev–Trinajstić information content (AvgIpc) is 3.41. The summed E-state index contributed by atoms with van der Waals surface area (Å²) in [5.74, 6) is 1.66. The van der Waals surface area contributed by atoms with Crippen LogP contribution in [0.3, 0.4) is 0 Å². The number of halogens is 2. The van der Waals surface area contributed by atoms with Gasteiger partial charge in [-0.2, -0.15) is 0 Å². The van der Waals surface area contributed by atoms with E-state index < -0.39 is 0 Å². The van der Waals surface area contributed by atoms with Crippen molar-refractivity contribution in [2.24, 2.45) is 0 Å². The highest BCUT2D eigenvalue weighted by atomic mass is 35.5. The fraction of sp³-hybridized carbons (Fsp3) is 0.227. The molecule has 6 rings (SSSR count). The Morgan fingerprint density at radius 1 is 1.16 bits per heavy atom. The third-order valence-corrected chi connectivity index (χ3v) is 6.35. The minimum absolute atomic E-state index is 0.0553. The van der Waals surface area contributed by atoms with Crippen LogP contribution < -0.4 is 14.8 Å². The Kier molecular flexibility index (Phi) is 4.04. The van der Waals surface area contributed by atoms with Gasteiger partial charge in [-0.15, -0.1) is 10.2 Å². The predicted molar refractivity (Wildman–Crippen MR) is 113 cm³/mol. The molecule has 0 radical (unpaired) electrons. The first-order chi connectivity index (χ1) is 15.1. The third kappa shape index (κ3) is 2.75. The Bertz CT molecular complexity index is 1360. The molecular formula is C22H17ClFN5O2. The molecule has 0 aliphatic carbocycles. The molecule has 7 nitrogen and oxygen atoms in total. The highest BCUT2D eigenvalue weighted by molar-refractivity contribution is 6.34. The standard InChI is InChI=1S/C22H17ClFN5O2/c1-11-20(23)13(4-5-25-11)14-6-18-22(29-10-27-28-21(14)29)26-7-15-16(24)2-3-17-19(15)12(8-30-17)9-31-18/h2-6,10,12,26H,7-9H2,1H3/t12-/m0/s1. The summed E-state index contributed by atoms with van der Waals surface area (Å²) in [6.07, 6.45) is 3.31. The van der Waals surface area contributed by atoms with Crippen LogP contribution >= 0.6 is 11.6 Å². The van der Waals surface area contributed by atoms with Gasteiger partial charge in [0.15, 0.2) is 17.2 Å². The Balaban J connectivity index is 1.54. The van der Waals surface area contributed by atoms with E-state index in [1.54, 1.807) is 23.0 Å². The molecule has 2 aliphatic heterocycles. The van der Waals surface area contributed by atoms with Crippen molar-refractivity contribution in [3.05, 3.63) is 64.5 Å². The molecule has 0 saturated heterocycles. The zero-order chi connectivity index (χ0) is 21.1. The molecule has 31 heavy (non-hydrogen) atoms. The van der Waals surface area contributed by atoms with Gasteiger partial charge in [0, 0.05) is 35.0 Å². The van der Waals surface area contributed by atoms with Gasteiger partial charge in [-0.25, -0.2) is 4.39 Å². The second-order valence-corrected chi connectivity index (χ2v) is 8.04. The number of ether oxygens (including phenoxy) is 2. The van der Waals surface area contributed by atoms with Crippen LogP contribution in [0.4, 0.5) is 10.2 Å². The summed E-state index contributed by atoms with van der Waals surface area (Å²) < 4.78 is 28.5. The van der Waals surface area contributed by atoms with Crippen molar-refractivity contribution >= 4 is 23.1 Å². The Labute approximate surface area is 181 Å². The molecule has 1 N–H and O–H groups in total. The van der Waals surface area contributed by atoms with Gasteiger partial charge in [-0.1, -0.05) is 11.6 Å². The summed E-state index contributed by atoms with van der Waals surface area (Å²) in [4.78, 5) is 4.25. The number of aryl methyl sites for hydroxylation is 1. The first-order valence-electron chi connectivity index (χ1n) is 9.90. The highest BCUT2D eigenvalue weighted by Gasteiger charge is 2.31. The molecule has 0 unspecified atom stereocenters. The topological polar surface area (TPSA) is 73.6 Å². The van der Waals surface area contributed by atoms with Gasteiger partial charge in [0.2, 0.25) is 0 Å². The number of nitrogens with zero attached hydrogens (tertiary/aromatic N) is 4. The van der Waals surface area contributed by atoms with Gasteiger partial charge in [0.05, 0.1) is 29.8 Å². The van der Waals surface area contributed by atoms with E-state index in [2.05, 4.69) is 20.5 Å². The normalized spacial score (nSPS) is 16.9. The molecule has 3 aromatic heterocycles. The summed E-state index contributed by atoms with van der Waals surface area (Å²) in [6, 6.07) is 6.87. The summed E-state index contributed by atoms with van der Waals surface area (Å²) in [6.45, 7) is 2.95. The Morgan fingerprint density at radius 2 is 2.00 bits per heavy atom. The molecule has 0 spiro atoms. The lowest BCUT2D eigenvalue weighted by atomic mass is 9.96. The van der Waals surface area contributed by atoms with Crippen LogP contribution in [0.2, 0.25) is 5.02 Å². The molecule has 0 amide bonds. The first-order valence-corrected chi connectivity index (χ1v) is 10.3. The second kappa shape index (κ2) is 6.81. The van der Waals surface area contributed by atoms with E-state index in [1.165, 1.54) is 6.07 Å². The number of hydrogen-bond acceptors (Lipinski definition) is 6. The maximum absolute atomic E-state index is 14.7. The monoisotopic (exact) mass is 437 g/mol. The van der Waals surface area contributed by atoms with E-state index in [4.69, 9.17) is 21.1 Å². The molecule has 156 valence electrons. The SMILES string of the molecule is Cc1nccc(-c2cc3c(n4cnnc24)NCc2c(F)ccc4c2[C@@H](CO4)CO3)c1Cl. The average molecular weight is 438 g/mol. The van der Waals surface area contributed by atoms with Crippen LogP contribution in [0, 0.1) is 12.7 Å². The van der Waals surface area contributed by atoms with Crippen molar-refractivity contribution in [3.8, 4) is 22.6 Å². The third-order valence-electron chi connectivity index (χ3n) is 5.87. The first kappa shape index (κ1) is 18.4. The molecule has 5 heterocycles. The van der Waals surface area contributed by atoms with Crippen LogP contribution in [0.1, 0.15) is 22.7 Å². The maximum Gasteiger partial charge on any atom is 0.170 e. The minimum atomic E-state index is -0.263. The van der Waals surface area contributed by atoms with Crippen LogP contribution in [-0.4, -0.2) is 32.8 Å². The van der Waals surface area contributed by atoms with Crippen molar-refractivity contribution in [1.29, 1.82) is 0 Å². The summed E-state index contributed by atoms with van der Waals surface area (Å²) in [7, 11) is 0. The number of aromatic nitrogens is 4. The van der Waals surface area contributed by atoms with Crippen LogP contribution in [0.15, 0.2) is 36.8 Å². The van der Waals surface area contributed by atoms with Gasteiger partial charge in [-0.05, 0) is 31.2 Å². The van der Waals surface area contributed by atoms with Crippen LogP contribution in [0.5, 0.6) is 11.5 Å². The number of pyridine rings is 2. The summed E-state index contributed by atoms with van der Waals surface area (Å²) >= 11 is 6.56. The zero-order valence-electron chi connectivity index (χ0n) is 16.5. The van der Waals surface area contributed by atoms with Crippen molar-refractivity contribution in [2.75, 3.05) is 18.5 Å². The quantitative estimate of drug-likeness (QED) is 0.476. The van der Waals surface area contributed by atoms with Crippen molar-refractivity contribution in [1.82, 2.24) is 19.6 Å². The zero-order valence-corrected chi connectivity index (χ0v) is 17.3. The predicted octanol–water partition coefficient (Wildman–Crippen LogP) is 4.37. The van der Waals surface area contributed by atoms with E-state index in [0.29, 0.717) is 46.8 Å². The molecule has 4 aromatic rings. The maximum atomic E-state index is 14.7. The summed E-state index contributed by atoms with van der Waals surface area (Å²) in [5, 5.41) is 12.3. The minimum Gasteiger partial charge on any atom is -0.493 e. The van der Waals surface area contributed by atoms with Gasteiger partial charge >= 0.3 is 0 Å². The van der Waals surface area contributed by atoms with E-state index >= 15 is 0 Å². The van der Waals surface area contributed by atoms with Crippen LogP contribution in [0.25, 0.3) is 16.8 Å². The number of hydrogen-bond donors (Lipinski definition) is 1. The van der Waals surface area contributed by atoms with Crippen molar-refractivity contribution < 1.29 is 13.9 Å². The molecule has 0 saturated carbocycles. The number of rotatable bonds is 1. The number of benzene rings is 1. The van der Waals surface area contributed by atoms with Gasteiger partial charge in [0.25, 0.3) is 0 Å². The fourth-order valence-corrected chi connectivity index (χ4v) is 4.55. The molecule has 2 aliphatic rings. The number of nitrogens with one attached hydrogen (secondary N) is 1. The van der Waals surface area contributed by atoms with E-state index in [9.17, 15) is 4.39 Å². The number of fused-ring (bicyclic) bond motifs is 3. The lowest BCUT2D eigenvalue weighted by Crippen LogP contribution is -2.13. The molecule has 9 heteroatoms. The lowest BCUT2D eigenvalue weighted by Gasteiger charge is -2.17. The molecule has 0 fully saturated rings. The molecule has 1 aromatic carbocycles. The fourth-order valence-electron chi connectivity index (χ4n) is 4.34. The van der Waals surface area contributed by atoms with E-state index in [0.717, 1.165) is 22.4 Å². The second-order valence-electron chi connectivity index (χ2n) is 7.66. The van der Waals surface area contributed by atoms with Crippen molar-refractivity contribution in [3.63, 3.8) is 0 Å². The van der Waals surface area contributed by atoms with Gasteiger partial charge in [0.1, 0.15) is 17.9 Å². The lowest BCUT2D eigenvalue weighted by molar-refractivity contribution is 0.249. The van der Waals surface area contributed by atoms with Gasteiger partial charge in [-0.3, -0.25) is 9.38 Å². The van der Waals surface area contributed by atoms with Crippen LogP contribution in [-0.2, 0) is 6.54 Å². The Morgan fingerprint density at radius 3 is 2.87 bits per heavy atom. The van der Waals surface area contributed by atoms with E-state index in [-0.39, 0.29) is 18.3 Å². The summed E-state index contributed by atoms with van der Waals surface area (Å²) in [5.41, 5.74) is 4.37.